The molecule has 0 bridgehead atoms. The molecule has 1 atom stereocenters. The quantitative estimate of drug-likeness (QED) is 0.270. The Hall–Kier alpha value is -3.60. The molecule has 38 heavy (non-hydrogen) atoms. The highest BCUT2D eigenvalue weighted by atomic mass is 35.5. The van der Waals surface area contributed by atoms with E-state index in [1.807, 2.05) is 13.8 Å². The number of aliphatic hydroxyl groups is 1. The average Bonchev–Trinajstić information content (AvgIpc) is 3.71. The molecule has 2 aromatic carbocycles. The molecular weight excluding hydrogens is 510 g/mol. The van der Waals surface area contributed by atoms with Gasteiger partial charge in [0.2, 0.25) is 0 Å². The average molecular weight is 542 g/mol. The van der Waals surface area contributed by atoms with E-state index >= 15 is 0 Å². The normalized spacial score (nSPS) is 13.8. The first kappa shape index (κ1) is 27.4. The van der Waals surface area contributed by atoms with Gasteiger partial charge in [0.15, 0.2) is 0 Å². The number of fused-ring (bicyclic) bond motifs is 1. The summed E-state index contributed by atoms with van der Waals surface area (Å²) in [5, 5.41) is 16.8. The van der Waals surface area contributed by atoms with Crippen molar-refractivity contribution in [3.63, 3.8) is 0 Å². The predicted molar refractivity (Wildman–Crippen MR) is 146 cm³/mol. The van der Waals surface area contributed by atoms with Crippen molar-refractivity contribution < 1.29 is 24.2 Å². The molecule has 0 spiro atoms. The lowest BCUT2D eigenvalue weighted by Gasteiger charge is -2.22. The van der Waals surface area contributed by atoms with Crippen molar-refractivity contribution in [1.29, 1.82) is 0 Å². The number of likely N-dealkylation sites (N-methyl/N-ethyl adjacent to an activating group) is 1. The van der Waals surface area contributed by atoms with Crippen molar-refractivity contribution in [2.75, 3.05) is 31.6 Å². The number of ether oxygens (including phenoxy) is 2. The number of nitrogens with one attached hydrogen (secondary N) is 2. The van der Waals surface area contributed by atoms with Crippen molar-refractivity contribution in [3.8, 4) is 17.2 Å². The molecule has 0 aliphatic heterocycles. The van der Waals surface area contributed by atoms with Crippen molar-refractivity contribution in [2.45, 2.75) is 38.8 Å². The van der Waals surface area contributed by atoms with E-state index < -0.39 is 12.0 Å². The molecule has 0 unspecified atom stereocenters. The minimum absolute atomic E-state index is 0.00393. The highest BCUT2D eigenvalue weighted by Gasteiger charge is 2.23. The van der Waals surface area contributed by atoms with E-state index in [0.717, 1.165) is 25.9 Å². The number of carbonyl (C=O) groups is 2. The number of pyridine rings is 1. The topological polar surface area (TPSA) is 139 Å². The van der Waals surface area contributed by atoms with Gasteiger partial charge >= 0.3 is 6.03 Å². The van der Waals surface area contributed by atoms with Gasteiger partial charge in [-0.25, -0.2) is 4.79 Å². The largest absolute Gasteiger partial charge is 0.490 e. The molecule has 1 saturated carbocycles. The van der Waals surface area contributed by atoms with E-state index in [1.54, 1.807) is 42.6 Å². The number of hydrogen-bond acceptors (Lipinski definition) is 7. The molecule has 1 fully saturated rings. The summed E-state index contributed by atoms with van der Waals surface area (Å²) in [6.07, 6.45) is 2.80. The monoisotopic (exact) mass is 541 g/mol. The maximum Gasteiger partial charge on any atom is 0.319 e. The number of amides is 3. The number of benzene rings is 2. The first-order chi connectivity index (χ1) is 18.3. The highest BCUT2D eigenvalue weighted by Crippen LogP contribution is 2.35. The number of nitrogens with two attached hydrogens (primary N) is 1. The van der Waals surface area contributed by atoms with Crippen LogP contribution in [0.3, 0.4) is 0 Å². The lowest BCUT2D eigenvalue weighted by Crippen LogP contribution is -2.35. The smallest absolute Gasteiger partial charge is 0.319 e. The van der Waals surface area contributed by atoms with Crippen LogP contribution in [-0.4, -0.2) is 65.3 Å². The molecule has 1 aliphatic rings. The van der Waals surface area contributed by atoms with E-state index in [0.29, 0.717) is 39.7 Å². The van der Waals surface area contributed by atoms with Crippen LogP contribution in [0.5, 0.6) is 17.2 Å². The number of urea groups is 1. The second-order valence-electron chi connectivity index (χ2n) is 9.11. The second kappa shape index (κ2) is 12.3. The Kier molecular flexibility index (Phi) is 8.88. The number of aromatic nitrogens is 1. The van der Waals surface area contributed by atoms with Gasteiger partial charge in [0.1, 0.15) is 30.0 Å². The van der Waals surface area contributed by atoms with Crippen molar-refractivity contribution >= 4 is 40.1 Å². The van der Waals surface area contributed by atoms with Gasteiger partial charge in [-0.1, -0.05) is 25.4 Å². The molecule has 11 heteroatoms. The van der Waals surface area contributed by atoms with Crippen LogP contribution in [0.25, 0.3) is 10.9 Å². The fourth-order valence-corrected chi connectivity index (χ4v) is 4.14. The molecule has 5 N–H and O–H groups in total. The molecule has 0 saturated heterocycles. The zero-order chi connectivity index (χ0) is 27.2. The van der Waals surface area contributed by atoms with Crippen molar-refractivity contribution in [2.24, 2.45) is 5.73 Å². The third-order valence-corrected chi connectivity index (χ3v) is 6.50. The van der Waals surface area contributed by atoms with Gasteiger partial charge in [0.05, 0.1) is 21.8 Å². The van der Waals surface area contributed by atoms with Crippen LogP contribution in [0.15, 0.2) is 42.6 Å². The van der Waals surface area contributed by atoms with Gasteiger partial charge in [-0.2, -0.15) is 0 Å². The number of aliphatic hydroxyl groups excluding tert-OH is 1. The maximum absolute atomic E-state index is 12.2. The number of rotatable bonds is 12. The Bertz CT molecular complexity index is 1310. The molecule has 4 rings (SSSR count). The zero-order valence-corrected chi connectivity index (χ0v) is 22.1. The Labute approximate surface area is 226 Å². The first-order valence-corrected chi connectivity index (χ1v) is 13.0. The van der Waals surface area contributed by atoms with E-state index in [-0.39, 0.29) is 30.0 Å². The number of carbonyl (C=O) groups excluding carboxylic acids is 2. The minimum Gasteiger partial charge on any atom is -0.490 e. The summed E-state index contributed by atoms with van der Waals surface area (Å²) >= 11 is 6.37. The maximum atomic E-state index is 12.2. The van der Waals surface area contributed by atoms with Gasteiger partial charge in [0, 0.05) is 36.3 Å². The summed E-state index contributed by atoms with van der Waals surface area (Å²) in [6, 6.07) is 9.66. The molecule has 1 aromatic heterocycles. The van der Waals surface area contributed by atoms with Crippen molar-refractivity contribution in [1.82, 2.24) is 15.2 Å². The molecule has 1 heterocycles. The summed E-state index contributed by atoms with van der Waals surface area (Å²) in [6.45, 7) is 6.10. The molecular formula is C27H32ClN5O5. The van der Waals surface area contributed by atoms with Crippen LogP contribution in [0.2, 0.25) is 5.02 Å². The first-order valence-electron chi connectivity index (χ1n) is 12.6. The van der Waals surface area contributed by atoms with Crippen LogP contribution in [0.1, 0.15) is 37.0 Å². The SMILES string of the molecule is CCN(CC)C[C@H](O)COc1cc2nccc(Oc3ccc(NC(=O)NC4CC4)c(Cl)c3)c2cc1C(N)=O. The van der Waals surface area contributed by atoms with Gasteiger partial charge < -0.3 is 35.8 Å². The third-order valence-electron chi connectivity index (χ3n) is 6.19. The van der Waals surface area contributed by atoms with Crippen LogP contribution in [0.4, 0.5) is 10.5 Å². The van der Waals surface area contributed by atoms with Crippen molar-refractivity contribution in [3.05, 3.63) is 53.2 Å². The van der Waals surface area contributed by atoms with E-state index in [2.05, 4.69) is 20.5 Å². The Balaban J connectivity index is 1.52. The van der Waals surface area contributed by atoms with Crippen LogP contribution in [0, 0.1) is 0 Å². The van der Waals surface area contributed by atoms with Crippen LogP contribution < -0.4 is 25.8 Å². The molecule has 3 amide bonds. The zero-order valence-electron chi connectivity index (χ0n) is 21.4. The fourth-order valence-electron chi connectivity index (χ4n) is 3.93. The molecule has 3 aromatic rings. The van der Waals surface area contributed by atoms with Gasteiger partial charge in [0.25, 0.3) is 5.91 Å². The second-order valence-corrected chi connectivity index (χ2v) is 9.51. The minimum atomic E-state index is -0.740. The number of hydrogen-bond donors (Lipinski definition) is 4. The summed E-state index contributed by atoms with van der Waals surface area (Å²) in [7, 11) is 0. The molecule has 10 nitrogen and oxygen atoms in total. The highest BCUT2D eigenvalue weighted by molar-refractivity contribution is 6.33. The van der Waals surface area contributed by atoms with E-state index in [1.165, 1.54) is 0 Å². The summed E-state index contributed by atoms with van der Waals surface area (Å²) in [4.78, 5) is 30.7. The predicted octanol–water partition coefficient (Wildman–Crippen LogP) is 4.14. The fraction of sp³-hybridized carbons (Fsp3) is 0.370. The van der Waals surface area contributed by atoms with E-state index in [4.69, 9.17) is 26.8 Å². The number of primary amides is 1. The van der Waals surface area contributed by atoms with Gasteiger partial charge in [-0.05, 0) is 50.2 Å². The summed E-state index contributed by atoms with van der Waals surface area (Å²) in [5.41, 5.74) is 6.76. The van der Waals surface area contributed by atoms with E-state index in [9.17, 15) is 14.7 Å². The Morgan fingerprint density at radius 1 is 1.18 bits per heavy atom. The lowest BCUT2D eigenvalue weighted by atomic mass is 10.1. The van der Waals surface area contributed by atoms with Crippen LogP contribution in [-0.2, 0) is 0 Å². The molecule has 0 radical (unpaired) electrons. The standard InChI is InChI=1S/C27H32ClN5O5/c1-3-33(4-2)14-17(34)15-37-25-13-23-19(12-20(25)26(29)35)24(9-10-30-23)38-18-7-8-22(21(28)11-18)32-27(36)31-16-5-6-16/h7-13,16-17,34H,3-6,14-15H2,1-2H3,(H2,29,35)(H2,31,32,36)/t17-/m0/s1. The molecule has 202 valence electrons. The Morgan fingerprint density at radius 2 is 1.95 bits per heavy atom. The van der Waals surface area contributed by atoms with Gasteiger partial charge in [-0.3, -0.25) is 9.78 Å². The van der Waals surface area contributed by atoms with Crippen LogP contribution >= 0.6 is 11.6 Å². The number of halogens is 1. The summed E-state index contributed by atoms with van der Waals surface area (Å²) < 4.78 is 11.8. The number of nitrogens with zero attached hydrogens (tertiary/aromatic N) is 2. The lowest BCUT2D eigenvalue weighted by molar-refractivity contribution is 0.0708. The number of anilines is 1. The summed E-state index contributed by atoms with van der Waals surface area (Å²) in [5.74, 6) is 0.402. The molecule has 1 aliphatic carbocycles. The third kappa shape index (κ3) is 7.03. The Morgan fingerprint density at radius 3 is 2.61 bits per heavy atom. The van der Waals surface area contributed by atoms with Gasteiger partial charge in [-0.15, -0.1) is 0 Å².